The number of para-hydroxylation sites is 2. The van der Waals surface area contributed by atoms with E-state index in [0.717, 1.165) is 34.7 Å². The summed E-state index contributed by atoms with van der Waals surface area (Å²) in [5.74, 6) is 0.764. The van der Waals surface area contributed by atoms with Crippen molar-refractivity contribution in [3.8, 4) is 0 Å². The third-order valence-electron chi connectivity index (χ3n) is 4.57. The molecule has 2 heterocycles. The standard InChI is InChI=1S/C19H26N4O3S/c1-5-22-16-17(21-15-11-7-6-10-14(15)20-16)23(18(22)19(2,3)4)12-8-9-13-27(24,25)26/h6-7,10-11H,5,8-9,12-13H2,1-4H3. The SMILES string of the molecule is CCn1c(C(C)(C)C)[n+](CCCCS(=O)(=O)[O-])c2nc3ccccc3nc21. The molecule has 0 saturated heterocycles. The molecule has 3 rings (SSSR count). The molecule has 27 heavy (non-hydrogen) atoms. The van der Waals surface area contributed by atoms with Gasteiger partial charge < -0.3 is 4.55 Å². The van der Waals surface area contributed by atoms with E-state index in [2.05, 4.69) is 36.8 Å². The van der Waals surface area contributed by atoms with E-state index in [9.17, 15) is 13.0 Å². The van der Waals surface area contributed by atoms with Crippen LogP contribution < -0.4 is 4.57 Å². The van der Waals surface area contributed by atoms with Crippen molar-refractivity contribution in [3.63, 3.8) is 0 Å². The largest absolute Gasteiger partial charge is 0.748 e. The predicted molar refractivity (Wildman–Crippen MR) is 103 cm³/mol. The first-order valence-electron chi connectivity index (χ1n) is 9.24. The second-order valence-corrected chi connectivity index (χ2v) is 9.32. The highest BCUT2D eigenvalue weighted by molar-refractivity contribution is 7.85. The van der Waals surface area contributed by atoms with Gasteiger partial charge in [0.15, 0.2) is 5.52 Å². The first kappa shape index (κ1) is 19.7. The summed E-state index contributed by atoms with van der Waals surface area (Å²) in [5.41, 5.74) is 3.16. The topological polar surface area (TPSA) is 91.8 Å². The quantitative estimate of drug-likeness (QED) is 0.366. The van der Waals surface area contributed by atoms with Gasteiger partial charge in [-0.25, -0.2) is 22.5 Å². The monoisotopic (exact) mass is 390 g/mol. The Morgan fingerprint density at radius 3 is 2.30 bits per heavy atom. The molecule has 2 aromatic heterocycles. The van der Waals surface area contributed by atoms with Crippen molar-refractivity contribution in [2.24, 2.45) is 0 Å². The van der Waals surface area contributed by atoms with Gasteiger partial charge in [-0.2, -0.15) is 0 Å². The van der Waals surface area contributed by atoms with Gasteiger partial charge in [0.2, 0.25) is 5.82 Å². The Kier molecular flexibility index (Phi) is 5.22. The molecule has 0 spiro atoms. The summed E-state index contributed by atoms with van der Waals surface area (Å²) in [4.78, 5) is 9.69. The van der Waals surface area contributed by atoms with Gasteiger partial charge in [0, 0.05) is 11.2 Å². The number of imidazole rings is 1. The summed E-state index contributed by atoms with van der Waals surface area (Å²) < 4.78 is 37.0. The molecule has 0 aliphatic rings. The Hall–Kier alpha value is -2.06. The van der Waals surface area contributed by atoms with Crippen molar-refractivity contribution in [2.75, 3.05) is 5.75 Å². The lowest BCUT2D eigenvalue weighted by Gasteiger charge is -2.18. The molecule has 0 bridgehead atoms. The fourth-order valence-electron chi connectivity index (χ4n) is 3.56. The van der Waals surface area contributed by atoms with Crippen LogP contribution in [0.2, 0.25) is 0 Å². The Morgan fingerprint density at radius 2 is 1.74 bits per heavy atom. The highest BCUT2D eigenvalue weighted by Gasteiger charge is 2.33. The molecule has 0 unspecified atom stereocenters. The van der Waals surface area contributed by atoms with E-state index in [1.54, 1.807) is 0 Å². The van der Waals surface area contributed by atoms with Crippen LogP contribution in [-0.2, 0) is 28.6 Å². The Bertz CT molecular complexity index is 1080. The molecule has 8 heteroatoms. The zero-order valence-corrected chi connectivity index (χ0v) is 17.1. The first-order chi connectivity index (χ1) is 12.6. The lowest BCUT2D eigenvalue weighted by atomic mass is 9.95. The summed E-state index contributed by atoms with van der Waals surface area (Å²) in [5, 5.41) is 0. The van der Waals surface area contributed by atoms with Crippen LogP contribution in [0, 0.1) is 0 Å². The van der Waals surface area contributed by atoms with Crippen molar-refractivity contribution < 1.29 is 17.5 Å². The van der Waals surface area contributed by atoms with Gasteiger partial charge >= 0.3 is 5.65 Å². The van der Waals surface area contributed by atoms with Gasteiger partial charge in [0.05, 0.1) is 23.2 Å². The average Bonchev–Trinajstić information content (AvgIpc) is 2.89. The van der Waals surface area contributed by atoms with Crippen molar-refractivity contribution in [1.29, 1.82) is 0 Å². The van der Waals surface area contributed by atoms with Gasteiger partial charge in [-0.15, -0.1) is 0 Å². The third kappa shape index (κ3) is 4.11. The number of aryl methyl sites for hydroxylation is 2. The Balaban J connectivity index is 2.14. The summed E-state index contributed by atoms with van der Waals surface area (Å²) in [6.45, 7) is 9.87. The van der Waals surface area contributed by atoms with Crippen molar-refractivity contribution in [1.82, 2.24) is 14.5 Å². The minimum Gasteiger partial charge on any atom is -0.748 e. The van der Waals surface area contributed by atoms with Crippen LogP contribution in [0.3, 0.4) is 0 Å². The van der Waals surface area contributed by atoms with Gasteiger partial charge in [-0.05, 0) is 31.9 Å². The fraction of sp³-hybridized carbons (Fsp3) is 0.526. The molecule has 3 aromatic rings. The molecule has 0 N–H and O–H groups in total. The second-order valence-electron chi connectivity index (χ2n) is 7.80. The molecule has 0 saturated carbocycles. The zero-order valence-electron chi connectivity index (χ0n) is 16.3. The van der Waals surface area contributed by atoms with Crippen molar-refractivity contribution in [3.05, 3.63) is 30.1 Å². The Morgan fingerprint density at radius 1 is 1.11 bits per heavy atom. The molecular weight excluding hydrogens is 364 g/mol. The highest BCUT2D eigenvalue weighted by Crippen LogP contribution is 2.25. The van der Waals surface area contributed by atoms with Crippen LogP contribution in [0.15, 0.2) is 24.3 Å². The van der Waals surface area contributed by atoms with Gasteiger partial charge in [0.25, 0.3) is 5.65 Å². The minimum absolute atomic E-state index is 0.144. The van der Waals surface area contributed by atoms with E-state index in [1.165, 1.54) is 0 Å². The summed E-state index contributed by atoms with van der Waals surface area (Å²) in [7, 11) is -4.18. The van der Waals surface area contributed by atoms with E-state index < -0.39 is 10.1 Å². The molecule has 0 aliphatic carbocycles. The lowest BCUT2D eigenvalue weighted by molar-refractivity contribution is -0.685. The average molecular weight is 391 g/mol. The molecule has 0 atom stereocenters. The number of unbranched alkanes of at least 4 members (excludes halogenated alkanes) is 1. The second kappa shape index (κ2) is 7.16. The number of aromatic nitrogens is 4. The maximum atomic E-state index is 10.9. The lowest BCUT2D eigenvalue weighted by Crippen LogP contribution is -2.44. The molecule has 0 fully saturated rings. The van der Waals surface area contributed by atoms with Crippen LogP contribution >= 0.6 is 0 Å². The van der Waals surface area contributed by atoms with E-state index >= 15 is 0 Å². The van der Waals surface area contributed by atoms with Gasteiger partial charge in [0.1, 0.15) is 5.52 Å². The molecule has 146 valence electrons. The van der Waals surface area contributed by atoms with E-state index in [1.807, 2.05) is 24.3 Å². The molecule has 0 aliphatic heterocycles. The minimum atomic E-state index is -4.18. The van der Waals surface area contributed by atoms with E-state index in [-0.39, 0.29) is 11.2 Å². The summed E-state index contributed by atoms with van der Waals surface area (Å²) in [6.07, 6.45) is 0.925. The number of nitrogens with zero attached hydrogens (tertiary/aromatic N) is 4. The molecular formula is C19H26N4O3S. The predicted octanol–water partition coefficient (Wildman–Crippen LogP) is 2.51. The van der Waals surface area contributed by atoms with Gasteiger partial charge in [-0.3, -0.25) is 0 Å². The highest BCUT2D eigenvalue weighted by atomic mass is 32.2. The number of fused-ring (bicyclic) bond motifs is 2. The van der Waals surface area contributed by atoms with Crippen molar-refractivity contribution in [2.45, 2.75) is 59.0 Å². The van der Waals surface area contributed by atoms with E-state index in [0.29, 0.717) is 19.4 Å². The molecule has 0 radical (unpaired) electrons. The molecule has 7 nitrogen and oxygen atoms in total. The number of hydrogen-bond acceptors (Lipinski definition) is 5. The van der Waals surface area contributed by atoms with Crippen LogP contribution in [0.25, 0.3) is 22.3 Å². The maximum absolute atomic E-state index is 10.9. The maximum Gasteiger partial charge on any atom is 0.322 e. The summed E-state index contributed by atoms with van der Waals surface area (Å²) >= 11 is 0. The normalized spacial score (nSPS) is 12.9. The van der Waals surface area contributed by atoms with Gasteiger partial charge in [-0.1, -0.05) is 37.9 Å². The van der Waals surface area contributed by atoms with E-state index in [4.69, 9.17) is 9.97 Å². The Labute approximate surface area is 159 Å². The number of benzene rings is 1. The fourth-order valence-corrected chi connectivity index (χ4v) is 4.12. The smallest absolute Gasteiger partial charge is 0.322 e. The number of hydrogen-bond donors (Lipinski definition) is 0. The van der Waals surface area contributed by atoms with Crippen LogP contribution in [-0.4, -0.2) is 33.3 Å². The first-order valence-corrected chi connectivity index (χ1v) is 10.8. The van der Waals surface area contributed by atoms with Crippen LogP contribution in [0.5, 0.6) is 0 Å². The molecule has 1 aromatic carbocycles. The summed E-state index contributed by atoms with van der Waals surface area (Å²) in [6, 6.07) is 7.78. The van der Waals surface area contributed by atoms with Crippen LogP contribution in [0.1, 0.15) is 46.4 Å². The van der Waals surface area contributed by atoms with Crippen molar-refractivity contribution >= 4 is 32.4 Å². The number of rotatable bonds is 6. The third-order valence-corrected chi connectivity index (χ3v) is 5.36. The molecule has 0 amide bonds. The van der Waals surface area contributed by atoms with Crippen LogP contribution in [0.4, 0.5) is 0 Å². The zero-order chi connectivity index (χ0) is 19.8.